The van der Waals surface area contributed by atoms with Gasteiger partial charge in [0.2, 0.25) is 0 Å². The first kappa shape index (κ1) is 33.1. The average molecular weight is 565 g/mol. The molecule has 0 aliphatic heterocycles. The molecule has 0 atom stereocenters. The van der Waals surface area contributed by atoms with Gasteiger partial charge < -0.3 is 0 Å². The molecule has 0 aliphatic rings. The maximum absolute atomic E-state index is 2.30. The van der Waals surface area contributed by atoms with Gasteiger partial charge in [-0.1, -0.05) is 199 Å². The molecule has 0 amide bonds. The number of aryl methyl sites for hydroxylation is 1. The van der Waals surface area contributed by atoms with Crippen LogP contribution in [0.2, 0.25) is 0 Å². The summed E-state index contributed by atoms with van der Waals surface area (Å²) in [6, 6.07) is 53.3. The van der Waals surface area contributed by atoms with Crippen molar-refractivity contribution in [1.29, 1.82) is 0 Å². The van der Waals surface area contributed by atoms with Crippen molar-refractivity contribution in [2.45, 2.75) is 60.3 Å². The average Bonchev–Trinajstić information content (AvgIpc) is 3.08. The first-order valence-corrected chi connectivity index (χ1v) is 16.0. The third kappa shape index (κ3) is 9.83. The van der Waals surface area contributed by atoms with Gasteiger partial charge in [-0.25, -0.2) is 0 Å². The van der Waals surface area contributed by atoms with Gasteiger partial charge in [-0.15, -0.1) is 0 Å². The minimum Gasteiger partial charge on any atom is -0.0683 e. The molecule has 0 saturated heterocycles. The van der Waals surface area contributed by atoms with E-state index in [-0.39, 0.29) is 0 Å². The highest BCUT2D eigenvalue weighted by molar-refractivity contribution is 6.23. The normalized spacial score (nSPS) is 9.88. The summed E-state index contributed by atoms with van der Waals surface area (Å²) in [6.45, 7) is 10.5. The summed E-state index contributed by atoms with van der Waals surface area (Å²) in [5, 5.41) is 8.37. The third-order valence-corrected chi connectivity index (χ3v) is 6.90. The van der Waals surface area contributed by atoms with Crippen LogP contribution in [0.15, 0.2) is 152 Å². The van der Waals surface area contributed by atoms with Crippen LogP contribution in [0.3, 0.4) is 0 Å². The lowest BCUT2D eigenvalue weighted by atomic mass is 9.91. The van der Waals surface area contributed by atoms with Crippen molar-refractivity contribution in [3.63, 3.8) is 0 Å². The Labute approximate surface area is 260 Å². The van der Waals surface area contributed by atoms with E-state index in [1.807, 2.05) is 50.2 Å². The van der Waals surface area contributed by atoms with E-state index in [9.17, 15) is 0 Å². The Morgan fingerprint density at radius 3 is 1.26 bits per heavy atom. The van der Waals surface area contributed by atoms with Crippen LogP contribution in [0, 0.1) is 0 Å². The largest absolute Gasteiger partial charge is 0.0683 e. The Bertz CT molecular complexity index is 1600. The molecular formula is C43H48. The van der Waals surface area contributed by atoms with Gasteiger partial charge in [-0.3, -0.25) is 0 Å². The van der Waals surface area contributed by atoms with Crippen LogP contribution in [0.5, 0.6) is 0 Å². The quantitative estimate of drug-likeness (QED) is 0.187. The van der Waals surface area contributed by atoms with E-state index in [0.717, 1.165) is 12.8 Å². The van der Waals surface area contributed by atoms with Gasteiger partial charge in [-0.2, -0.15) is 0 Å². The maximum Gasteiger partial charge on any atom is -0.00240 e. The Kier molecular flexibility index (Phi) is 14.5. The van der Waals surface area contributed by atoms with Crippen LogP contribution in [0.4, 0.5) is 0 Å². The molecule has 0 nitrogen and oxygen atoms in total. The van der Waals surface area contributed by atoms with Crippen molar-refractivity contribution in [1.82, 2.24) is 0 Å². The zero-order chi connectivity index (χ0) is 30.7. The fourth-order valence-corrected chi connectivity index (χ4v) is 5.10. The van der Waals surface area contributed by atoms with E-state index in [1.165, 1.54) is 61.8 Å². The van der Waals surface area contributed by atoms with Crippen LogP contribution < -0.4 is 0 Å². The minimum atomic E-state index is 1.03. The summed E-state index contributed by atoms with van der Waals surface area (Å²) in [4.78, 5) is 0. The zero-order valence-electron chi connectivity index (χ0n) is 26.8. The zero-order valence-corrected chi connectivity index (χ0v) is 26.8. The molecular weight excluding hydrogens is 516 g/mol. The minimum absolute atomic E-state index is 1.03. The molecule has 43 heavy (non-hydrogen) atoms. The lowest BCUT2D eigenvalue weighted by molar-refractivity contribution is 0.930. The molecule has 0 saturated carbocycles. The van der Waals surface area contributed by atoms with E-state index < -0.39 is 0 Å². The Balaban J connectivity index is 0.000000182. The van der Waals surface area contributed by atoms with Gasteiger partial charge in [-0.05, 0) is 61.8 Å². The van der Waals surface area contributed by atoms with Gasteiger partial charge >= 0.3 is 0 Å². The second-order valence-corrected chi connectivity index (χ2v) is 10.3. The fraction of sp³-hybridized carbons (Fsp3) is 0.209. The summed E-state index contributed by atoms with van der Waals surface area (Å²) < 4.78 is 0. The molecule has 0 heteroatoms. The molecule has 0 aromatic heterocycles. The van der Waals surface area contributed by atoms with Crippen molar-refractivity contribution in [2.24, 2.45) is 0 Å². The van der Waals surface area contributed by atoms with Crippen molar-refractivity contribution in [3.05, 3.63) is 168 Å². The Morgan fingerprint density at radius 1 is 0.395 bits per heavy atom. The molecule has 0 radical (unpaired) electrons. The second kappa shape index (κ2) is 18.9. The van der Waals surface area contributed by atoms with Crippen molar-refractivity contribution >= 4 is 32.3 Å². The SMILES string of the molecule is CC.CCC.CCCc1ccc2ccc3cccc4ccc1c2c34.c1ccc(Cc2ccccc2)cc1.c1ccccc1. The molecule has 0 aliphatic carbocycles. The molecule has 0 N–H and O–H groups in total. The van der Waals surface area contributed by atoms with Gasteiger partial charge in [0, 0.05) is 0 Å². The molecule has 0 unspecified atom stereocenters. The second-order valence-electron chi connectivity index (χ2n) is 10.3. The molecule has 7 rings (SSSR count). The Morgan fingerprint density at radius 2 is 0.791 bits per heavy atom. The Hall–Kier alpha value is -4.42. The monoisotopic (exact) mass is 564 g/mol. The number of benzene rings is 7. The van der Waals surface area contributed by atoms with E-state index in [1.54, 1.807) is 0 Å². The van der Waals surface area contributed by atoms with Crippen molar-refractivity contribution in [3.8, 4) is 0 Å². The van der Waals surface area contributed by atoms with Crippen LogP contribution in [0.25, 0.3) is 32.3 Å². The predicted molar refractivity (Wildman–Crippen MR) is 194 cm³/mol. The van der Waals surface area contributed by atoms with E-state index in [4.69, 9.17) is 0 Å². The lowest BCUT2D eigenvalue weighted by Gasteiger charge is -2.13. The molecule has 7 aromatic rings. The van der Waals surface area contributed by atoms with E-state index in [2.05, 4.69) is 136 Å². The van der Waals surface area contributed by atoms with Gasteiger partial charge in [0.15, 0.2) is 0 Å². The summed E-state index contributed by atoms with van der Waals surface area (Å²) in [7, 11) is 0. The summed E-state index contributed by atoms with van der Waals surface area (Å²) in [6.07, 6.45) is 4.64. The van der Waals surface area contributed by atoms with E-state index in [0.29, 0.717) is 0 Å². The van der Waals surface area contributed by atoms with Crippen molar-refractivity contribution in [2.75, 3.05) is 0 Å². The highest BCUT2D eigenvalue weighted by Crippen LogP contribution is 2.36. The van der Waals surface area contributed by atoms with Crippen LogP contribution >= 0.6 is 0 Å². The number of rotatable bonds is 4. The van der Waals surface area contributed by atoms with Crippen LogP contribution in [0.1, 0.15) is 64.2 Å². The standard InChI is InChI=1S/C19H16.C13H12.C6H6.C3H8.C2H6/c1-2-4-13-7-8-16-10-9-14-5-3-6-15-11-12-17(13)19(16)18(14)15;1-3-7-12(8-4-1)11-13-9-5-2-6-10-13;1-2-4-6-5-3-1;1-3-2;1-2/h3,5-12H,2,4H2,1H3;1-10H,11H2;1-6H;3H2,1-2H3;1-2H3. The van der Waals surface area contributed by atoms with Gasteiger partial charge in [0.05, 0.1) is 0 Å². The first-order valence-electron chi connectivity index (χ1n) is 16.0. The molecule has 220 valence electrons. The van der Waals surface area contributed by atoms with Gasteiger partial charge in [0.1, 0.15) is 0 Å². The summed E-state index contributed by atoms with van der Waals surface area (Å²) in [5.74, 6) is 0. The molecule has 0 bridgehead atoms. The van der Waals surface area contributed by atoms with Crippen molar-refractivity contribution < 1.29 is 0 Å². The third-order valence-electron chi connectivity index (χ3n) is 6.90. The van der Waals surface area contributed by atoms with Crippen LogP contribution in [-0.4, -0.2) is 0 Å². The summed E-state index contributed by atoms with van der Waals surface area (Å²) in [5.41, 5.74) is 4.22. The topological polar surface area (TPSA) is 0 Å². The molecule has 0 heterocycles. The maximum atomic E-state index is 2.30. The molecule has 0 fully saturated rings. The van der Waals surface area contributed by atoms with Crippen LogP contribution in [-0.2, 0) is 12.8 Å². The smallest absolute Gasteiger partial charge is 0.00240 e. The molecule has 7 aromatic carbocycles. The lowest BCUT2D eigenvalue weighted by Crippen LogP contribution is -1.89. The fourth-order valence-electron chi connectivity index (χ4n) is 5.10. The van der Waals surface area contributed by atoms with E-state index >= 15 is 0 Å². The predicted octanol–water partition coefficient (Wildman–Crippen LogP) is 12.9. The first-order chi connectivity index (χ1) is 21.2. The highest BCUT2D eigenvalue weighted by Gasteiger charge is 2.09. The summed E-state index contributed by atoms with van der Waals surface area (Å²) >= 11 is 0. The molecule has 0 spiro atoms. The van der Waals surface area contributed by atoms with Gasteiger partial charge in [0.25, 0.3) is 0 Å². The number of hydrogen-bond acceptors (Lipinski definition) is 0. The number of hydrogen-bond donors (Lipinski definition) is 0. The highest BCUT2D eigenvalue weighted by atomic mass is 14.1.